The smallest absolute Gasteiger partial charge is 0.276 e. The van der Waals surface area contributed by atoms with E-state index in [4.69, 9.17) is 16.0 Å². The van der Waals surface area contributed by atoms with Crippen molar-refractivity contribution in [3.8, 4) is 17.5 Å². The van der Waals surface area contributed by atoms with Gasteiger partial charge in [0.25, 0.3) is 5.22 Å². The molecule has 0 radical (unpaired) electrons. The molecule has 0 aliphatic heterocycles. The van der Waals surface area contributed by atoms with Crippen molar-refractivity contribution in [2.75, 3.05) is 11.1 Å². The standard InChI is InChI=1S/C20H17ClN4O2S2/c21-13-5-3-4-12(10-13)18-24-25-20(27-18)28-9-8-17(26)23-19-15(11-22)14-6-1-2-7-16(14)29-19/h3-5,10H,1-2,6-9H2,(H,23,26). The lowest BCUT2D eigenvalue weighted by Crippen LogP contribution is -2.12. The minimum Gasteiger partial charge on any atom is -0.411 e. The second-order valence-corrected chi connectivity index (χ2v) is 9.14. The Kier molecular flexibility index (Phi) is 6.19. The second kappa shape index (κ2) is 8.99. The third-order valence-electron chi connectivity index (χ3n) is 4.57. The van der Waals surface area contributed by atoms with Crippen molar-refractivity contribution in [2.45, 2.75) is 37.3 Å². The first kappa shape index (κ1) is 20.0. The van der Waals surface area contributed by atoms with E-state index >= 15 is 0 Å². The maximum absolute atomic E-state index is 12.3. The molecule has 0 fully saturated rings. The Balaban J connectivity index is 1.32. The second-order valence-electron chi connectivity index (χ2n) is 6.56. The molecule has 1 N–H and O–H groups in total. The van der Waals surface area contributed by atoms with Gasteiger partial charge in [0.05, 0.1) is 5.56 Å². The van der Waals surface area contributed by atoms with E-state index in [1.54, 1.807) is 12.1 Å². The maximum Gasteiger partial charge on any atom is 0.276 e. The van der Waals surface area contributed by atoms with Crippen molar-refractivity contribution in [3.05, 3.63) is 45.3 Å². The number of hydrogen-bond donors (Lipinski definition) is 1. The summed E-state index contributed by atoms with van der Waals surface area (Å²) in [6.07, 6.45) is 4.44. The first-order chi connectivity index (χ1) is 14.1. The monoisotopic (exact) mass is 444 g/mol. The summed E-state index contributed by atoms with van der Waals surface area (Å²) >= 11 is 8.84. The molecule has 9 heteroatoms. The number of aryl methyl sites for hydroxylation is 1. The zero-order chi connectivity index (χ0) is 20.2. The summed E-state index contributed by atoms with van der Waals surface area (Å²) in [7, 11) is 0. The van der Waals surface area contributed by atoms with Crippen molar-refractivity contribution < 1.29 is 9.21 Å². The third kappa shape index (κ3) is 4.64. The summed E-state index contributed by atoms with van der Waals surface area (Å²) in [4.78, 5) is 13.6. The highest BCUT2D eigenvalue weighted by Gasteiger charge is 2.21. The van der Waals surface area contributed by atoms with Gasteiger partial charge in [-0.1, -0.05) is 29.4 Å². The van der Waals surface area contributed by atoms with E-state index in [2.05, 4.69) is 21.6 Å². The van der Waals surface area contributed by atoms with Crippen molar-refractivity contribution in [1.82, 2.24) is 10.2 Å². The van der Waals surface area contributed by atoms with Gasteiger partial charge in [-0.05, 0) is 49.4 Å². The molecule has 1 amide bonds. The number of carbonyl (C=O) groups excluding carboxylic acids is 1. The Hall–Kier alpha value is -2.34. The maximum atomic E-state index is 12.3. The number of halogens is 1. The van der Waals surface area contributed by atoms with Crippen molar-refractivity contribution in [3.63, 3.8) is 0 Å². The zero-order valence-corrected chi connectivity index (χ0v) is 17.8. The molecule has 0 atom stereocenters. The number of rotatable bonds is 6. The summed E-state index contributed by atoms with van der Waals surface area (Å²) in [5.74, 6) is 0.764. The fourth-order valence-corrected chi connectivity index (χ4v) is 5.34. The fourth-order valence-electron chi connectivity index (χ4n) is 3.20. The highest BCUT2D eigenvalue weighted by molar-refractivity contribution is 7.99. The molecule has 29 heavy (non-hydrogen) atoms. The van der Waals surface area contributed by atoms with E-state index in [1.165, 1.54) is 28.0 Å². The average Bonchev–Trinajstić information content (AvgIpc) is 3.32. The molecule has 2 aromatic heterocycles. The summed E-state index contributed by atoms with van der Waals surface area (Å²) in [5.41, 5.74) is 2.50. The molecule has 0 saturated heterocycles. The van der Waals surface area contributed by atoms with Crippen LogP contribution < -0.4 is 5.32 Å². The first-order valence-electron chi connectivity index (χ1n) is 9.21. The Labute approximate surface area is 181 Å². The molecule has 148 valence electrons. The van der Waals surface area contributed by atoms with Gasteiger partial charge in [-0.3, -0.25) is 4.79 Å². The van der Waals surface area contributed by atoms with Crippen LogP contribution in [0.4, 0.5) is 5.00 Å². The van der Waals surface area contributed by atoms with Crippen LogP contribution in [0.5, 0.6) is 0 Å². The lowest BCUT2D eigenvalue weighted by Gasteiger charge is -2.09. The third-order valence-corrected chi connectivity index (χ3v) is 6.83. The predicted molar refractivity (Wildman–Crippen MR) is 114 cm³/mol. The van der Waals surface area contributed by atoms with Crippen LogP contribution in [0.1, 0.15) is 35.3 Å². The number of anilines is 1. The lowest BCUT2D eigenvalue weighted by atomic mass is 9.96. The molecular formula is C20H17ClN4O2S2. The number of aromatic nitrogens is 2. The number of fused-ring (bicyclic) bond motifs is 1. The molecular weight excluding hydrogens is 428 g/mol. The van der Waals surface area contributed by atoms with E-state index in [0.717, 1.165) is 36.8 Å². The molecule has 0 saturated carbocycles. The van der Waals surface area contributed by atoms with Gasteiger partial charge in [0, 0.05) is 27.6 Å². The minimum atomic E-state index is -0.123. The number of amides is 1. The fraction of sp³-hybridized carbons (Fsp3) is 0.300. The van der Waals surface area contributed by atoms with Crippen LogP contribution in [-0.4, -0.2) is 21.9 Å². The van der Waals surface area contributed by atoms with E-state index in [0.29, 0.717) is 32.5 Å². The molecule has 6 nitrogen and oxygen atoms in total. The van der Waals surface area contributed by atoms with E-state index in [-0.39, 0.29) is 12.3 Å². The average molecular weight is 445 g/mol. The number of nitriles is 1. The minimum absolute atomic E-state index is 0.123. The SMILES string of the molecule is N#Cc1c(NC(=O)CCSc2nnc(-c3cccc(Cl)c3)o2)sc2c1CCCC2. The number of thiophene rings is 1. The lowest BCUT2D eigenvalue weighted by molar-refractivity contribution is -0.115. The largest absolute Gasteiger partial charge is 0.411 e. The Morgan fingerprint density at radius 1 is 1.34 bits per heavy atom. The van der Waals surface area contributed by atoms with Gasteiger partial charge in [-0.25, -0.2) is 0 Å². The van der Waals surface area contributed by atoms with E-state index < -0.39 is 0 Å². The first-order valence-corrected chi connectivity index (χ1v) is 11.4. The van der Waals surface area contributed by atoms with Gasteiger partial charge in [-0.15, -0.1) is 21.5 Å². The van der Waals surface area contributed by atoms with Crippen LogP contribution >= 0.6 is 34.7 Å². The Morgan fingerprint density at radius 2 is 2.21 bits per heavy atom. The predicted octanol–water partition coefficient (Wildman–Crippen LogP) is 5.32. The molecule has 2 heterocycles. The molecule has 3 aromatic rings. The number of nitrogens with zero attached hydrogens (tertiary/aromatic N) is 3. The van der Waals surface area contributed by atoms with Crippen LogP contribution in [0.25, 0.3) is 11.5 Å². The zero-order valence-electron chi connectivity index (χ0n) is 15.4. The molecule has 0 unspecified atom stereocenters. The highest BCUT2D eigenvalue weighted by Crippen LogP contribution is 2.37. The number of thioether (sulfide) groups is 1. The van der Waals surface area contributed by atoms with Gasteiger partial charge in [0.2, 0.25) is 11.8 Å². The topological polar surface area (TPSA) is 91.8 Å². The van der Waals surface area contributed by atoms with Crippen molar-refractivity contribution in [2.24, 2.45) is 0 Å². The molecule has 0 bridgehead atoms. The van der Waals surface area contributed by atoms with Gasteiger partial charge in [-0.2, -0.15) is 5.26 Å². The van der Waals surface area contributed by atoms with E-state index in [9.17, 15) is 10.1 Å². The quantitative estimate of drug-likeness (QED) is 0.517. The number of nitrogens with one attached hydrogen (secondary N) is 1. The molecule has 4 rings (SSSR count). The Bertz CT molecular complexity index is 1090. The van der Waals surface area contributed by atoms with Crippen LogP contribution in [-0.2, 0) is 17.6 Å². The van der Waals surface area contributed by atoms with Crippen molar-refractivity contribution >= 4 is 45.6 Å². The summed E-state index contributed by atoms with van der Waals surface area (Å²) < 4.78 is 5.63. The molecule has 1 aliphatic rings. The molecule has 1 aromatic carbocycles. The molecule has 0 spiro atoms. The summed E-state index contributed by atoms with van der Waals surface area (Å²) in [6.45, 7) is 0. The van der Waals surface area contributed by atoms with Gasteiger partial charge in [0.15, 0.2) is 0 Å². The highest BCUT2D eigenvalue weighted by atomic mass is 35.5. The summed E-state index contributed by atoms with van der Waals surface area (Å²) in [5, 5.41) is 22.1. The van der Waals surface area contributed by atoms with Crippen LogP contribution in [0, 0.1) is 11.3 Å². The van der Waals surface area contributed by atoms with E-state index in [1.807, 2.05) is 12.1 Å². The van der Waals surface area contributed by atoms with Gasteiger partial charge < -0.3 is 9.73 Å². The number of carbonyl (C=O) groups is 1. The normalized spacial score (nSPS) is 13.0. The van der Waals surface area contributed by atoms with Crippen LogP contribution in [0.3, 0.4) is 0 Å². The van der Waals surface area contributed by atoms with Crippen LogP contribution in [0.15, 0.2) is 33.9 Å². The number of benzene rings is 1. The van der Waals surface area contributed by atoms with Gasteiger partial charge in [0.1, 0.15) is 11.1 Å². The van der Waals surface area contributed by atoms with Gasteiger partial charge >= 0.3 is 0 Å². The molecule has 1 aliphatic carbocycles. The van der Waals surface area contributed by atoms with Crippen molar-refractivity contribution in [1.29, 1.82) is 5.26 Å². The number of hydrogen-bond acceptors (Lipinski definition) is 7. The summed E-state index contributed by atoms with van der Waals surface area (Å²) in [6, 6.07) is 9.45. The Morgan fingerprint density at radius 3 is 3.03 bits per heavy atom. The van der Waals surface area contributed by atoms with Crippen LogP contribution in [0.2, 0.25) is 5.02 Å².